The number of hydrogen-bond acceptors (Lipinski definition) is 3. The second-order valence-electron chi connectivity index (χ2n) is 8.26. The molecule has 2 N–H and O–H groups in total. The van der Waals surface area contributed by atoms with Crippen molar-refractivity contribution < 1.29 is 18.7 Å². The summed E-state index contributed by atoms with van der Waals surface area (Å²) < 4.78 is 17.9. The standard InChI is InChI=1S/C23H33FN2O3/c1-15(2)21-10-18(16(3)9-19(21)13-26-23(28)14-29-4)11-22(27)25-12-17-5-7-20(24)8-6-17/h5-9,15,18-19,21H,10-14H2,1-4H3,(H,25,27)(H,26,28). The van der Waals surface area contributed by atoms with E-state index >= 15 is 0 Å². The van der Waals surface area contributed by atoms with E-state index in [1.165, 1.54) is 24.8 Å². The van der Waals surface area contributed by atoms with E-state index < -0.39 is 0 Å². The number of rotatable bonds is 9. The van der Waals surface area contributed by atoms with Crippen LogP contribution >= 0.6 is 0 Å². The predicted octanol–water partition coefficient (Wildman–Crippen LogP) is 3.45. The van der Waals surface area contributed by atoms with Crippen molar-refractivity contribution in [3.8, 4) is 0 Å². The van der Waals surface area contributed by atoms with Gasteiger partial charge in [0, 0.05) is 26.6 Å². The Morgan fingerprint density at radius 3 is 2.48 bits per heavy atom. The lowest BCUT2D eigenvalue weighted by Gasteiger charge is -2.37. The monoisotopic (exact) mass is 404 g/mol. The molecule has 5 nitrogen and oxygen atoms in total. The second-order valence-corrected chi connectivity index (χ2v) is 8.26. The van der Waals surface area contributed by atoms with Gasteiger partial charge < -0.3 is 15.4 Å². The fraction of sp³-hybridized carbons (Fsp3) is 0.565. The summed E-state index contributed by atoms with van der Waals surface area (Å²) in [5.41, 5.74) is 2.08. The summed E-state index contributed by atoms with van der Waals surface area (Å²) in [4.78, 5) is 24.2. The maximum atomic E-state index is 13.0. The van der Waals surface area contributed by atoms with E-state index in [-0.39, 0.29) is 36.1 Å². The van der Waals surface area contributed by atoms with E-state index in [2.05, 4.69) is 37.5 Å². The lowest BCUT2D eigenvalue weighted by atomic mass is 9.69. The molecule has 0 heterocycles. The van der Waals surface area contributed by atoms with E-state index in [1.54, 1.807) is 12.1 Å². The van der Waals surface area contributed by atoms with E-state index in [1.807, 2.05) is 0 Å². The van der Waals surface area contributed by atoms with Crippen LogP contribution in [0.25, 0.3) is 0 Å². The van der Waals surface area contributed by atoms with Gasteiger partial charge in [0.25, 0.3) is 0 Å². The van der Waals surface area contributed by atoms with Crippen LogP contribution in [0.4, 0.5) is 4.39 Å². The Morgan fingerprint density at radius 1 is 1.17 bits per heavy atom. The molecule has 0 saturated heterocycles. The molecule has 0 bridgehead atoms. The number of nitrogens with one attached hydrogen (secondary N) is 2. The molecule has 0 aromatic heterocycles. The first-order valence-electron chi connectivity index (χ1n) is 10.2. The number of allylic oxidation sites excluding steroid dienone is 1. The molecule has 2 amide bonds. The van der Waals surface area contributed by atoms with Crippen LogP contribution in [0.1, 0.15) is 39.2 Å². The summed E-state index contributed by atoms with van der Waals surface area (Å²) >= 11 is 0. The molecule has 0 aliphatic heterocycles. The third-order valence-corrected chi connectivity index (χ3v) is 5.73. The van der Waals surface area contributed by atoms with Gasteiger partial charge in [0.15, 0.2) is 0 Å². The summed E-state index contributed by atoms with van der Waals surface area (Å²) in [6, 6.07) is 6.15. The predicted molar refractivity (Wildman–Crippen MR) is 111 cm³/mol. The van der Waals surface area contributed by atoms with Crippen LogP contribution in [0.15, 0.2) is 35.9 Å². The average Bonchev–Trinajstić information content (AvgIpc) is 2.67. The van der Waals surface area contributed by atoms with Crippen molar-refractivity contribution >= 4 is 11.8 Å². The van der Waals surface area contributed by atoms with Crippen molar-refractivity contribution in [2.24, 2.45) is 23.7 Å². The Bertz CT molecular complexity index is 715. The molecule has 0 saturated carbocycles. The summed E-state index contributed by atoms with van der Waals surface area (Å²) in [6.45, 7) is 7.50. The van der Waals surface area contributed by atoms with Gasteiger partial charge >= 0.3 is 0 Å². The number of benzene rings is 1. The van der Waals surface area contributed by atoms with Gasteiger partial charge in [0.2, 0.25) is 11.8 Å². The number of ether oxygens (including phenoxy) is 1. The van der Waals surface area contributed by atoms with Crippen molar-refractivity contribution in [2.75, 3.05) is 20.3 Å². The lowest BCUT2D eigenvalue weighted by molar-refractivity contribution is -0.125. The molecule has 0 radical (unpaired) electrons. The van der Waals surface area contributed by atoms with E-state index in [4.69, 9.17) is 4.74 Å². The van der Waals surface area contributed by atoms with Gasteiger partial charge in [0.05, 0.1) is 0 Å². The van der Waals surface area contributed by atoms with Gasteiger partial charge in [-0.15, -0.1) is 0 Å². The molecule has 3 atom stereocenters. The van der Waals surface area contributed by atoms with Crippen molar-refractivity contribution in [1.82, 2.24) is 10.6 Å². The number of carbonyl (C=O) groups excluding carboxylic acids is 2. The molecule has 1 aromatic rings. The largest absolute Gasteiger partial charge is 0.375 e. The van der Waals surface area contributed by atoms with Crippen LogP contribution in [0, 0.1) is 29.5 Å². The SMILES string of the molecule is COCC(=O)NCC1C=C(C)C(CC(=O)NCc2ccc(F)cc2)CC1C(C)C. The maximum absolute atomic E-state index is 13.0. The zero-order valence-corrected chi connectivity index (χ0v) is 17.8. The zero-order valence-electron chi connectivity index (χ0n) is 17.8. The van der Waals surface area contributed by atoms with Crippen LogP contribution < -0.4 is 10.6 Å². The average molecular weight is 405 g/mol. The number of amides is 2. The van der Waals surface area contributed by atoms with Crippen LogP contribution in [0.2, 0.25) is 0 Å². The third kappa shape index (κ3) is 7.28. The molecular formula is C23H33FN2O3. The molecular weight excluding hydrogens is 371 g/mol. The topological polar surface area (TPSA) is 67.4 Å². The maximum Gasteiger partial charge on any atom is 0.246 e. The van der Waals surface area contributed by atoms with E-state index in [0.29, 0.717) is 31.3 Å². The molecule has 1 aliphatic carbocycles. The Morgan fingerprint density at radius 2 is 1.86 bits per heavy atom. The highest BCUT2D eigenvalue weighted by Crippen LogP contribution is 2.38. The van der Waals surface area contributed by atoms with Gasteiger partial charge in [0.1, 0.15) is 12.4 Å². The summed E-state index contributed by atoms with van der Waals surface area (Å²) in [5.74, 6) is 0.918. The highest BCUT2D eigenvalue weighted by atomic mass is 19.1. The highest BCUT2D eigenvalue weighted by Gasteiger charge is 2.32. The first-order chi connectivity index (χ1) is 13.8. The first-order valence-corrected chi connectivity index (χ1v) is 10.2. The van der Waals surface area contributed by atoms with E-state index in [9.17, 15) is 14.0 Å². The van der Waals surface area contributed by atoms with Crippen molar-refractivity contribution in [2.45, 2.75) is 40.2 Å². The number of halogens is 1. The fourth-order valence-electron chi connectivity index (χ4n) is 4.02. The highest BCUT2D eigenvalue weighted by molar-refractivity contribution is 5.77. The smallest absolute Gasteiger partial charge is 0.246 e. The molecule has 1 aromatic carbocycles. The minimum absolute atomic E-state index is 0.00132. The Labute approximate surface area is 173 Å². The van der Waals surface area contributed by atoms with Gasteiger partial charge in [-0.05, 0) is 54.7 Å². The van der Waals surface area contributed by atoms with Crippen molar-refractivity contribution in [3.05, 3.63) is 47.3 Å². The number of methoxy groups -OCH3 is 1. The third-order valence-electron chi connectivity index (χ3n) is 5.73. The van der Waals surface area contributed by atoms with E-state index in [0.717, 1.165) is 12.0 Å². The van der Waals surface area contributed by atoms with Crippen LogP contribution in [-0.2, 0) is 20.9 Å². The van der Waals surface area contributed by atoms with Crippen LogP contribution in [0.3, 0.4) is 0 Å². The normalized spacial score (nSPS) is 21.6. The van der Waals surface area contributed by atoms with Crippen LogP contribution in [0.5, 0.6) is 0 Å². The van der Waals surface area contributed by atoms with Crippen LogP contribution in [-0.4, -0.2) is 32.1 Å². The quantitative estimate of drug-likeness (QED) is 0.620. The minimum atomic E-state index is -0.282. The van der Waals surface area contributed by atoms with Gasteiger partial charge in [-0.25, -0.2) is 4.39 Å². The Hall–Kier alpha value is -2.21. The summed E-state index contributed by atoms with van der Waals surface area (Å²) in [6.07, 6.45) is 3.59. The zero-order chi connectivity index (χ0) is 21.4. The first kappa shape index (κ1) is 23.1. The van der Waals surface area contributed by atoms with Crippen molar-refractivity contribution in [1.29, 1.82) is 0 Å². The molecule has 160 valence electrons. The number of carbonyl (C=O) groups is 2. The van der Waals surface area contributed by atoms with Gasteiger partial charge in [-0.3, -0.25) is 9.59 Å². The molecule has 1 aliphatic rings. The molecule has 29 heavy (non-hydrogen) atoms. The molecule has 0 fully saturated rings. The van der Waals surface area contributed by atoms with Gasteiger partial charge in [-0.1, -0.05) is 37.6 Å². The lowest BCUT2D eigenvalue weighted by Crippen LogP contribution is -2.38. The Balaban J connectivity index is 1.93. The summed E-state index contributed by atoms with van der Waals surface area (Å²) in [7, 11) is 1.51. The molecule has 2 rings (SSSR count). The van der Waals surface area contributed by atoms with Gasteiger partial charge in [-0.2, -0.15) is 0 Å². The molecule has 6 heteroatoms. The molecule has 3 unspecified atom stereocenters. The van der Waals surface area contributed by atoms with Crippen molar-refractivity contribution in [3.63, 3.8) is 0 Å². The second kappa shape index (κ2) is 11.1. The summed E-state index contributed by atoms with van der Waals surface area (Å²) in [5, 5.41) is 5.88. The Kier molecular flexibility index (Phi) is 8.83. The molecule has 0 spiro atoms. The minimum Gasteiger partial charge on any atom is -0.375 e. The fourth-order valence-corrected chi connectivity index (χ4v) is 4.02. The number of hydrogen-bond donors (Lipinski definition) is 2.